The number of morpholine rings is 1. The Bertz CT molecular complexity index is 2070. The topological polar surface area (TPSA) is 101 Å². The van der Waals surface area contributed by atoms with E-state index in [9.17, 15) is 14.7 Å². The summed E-state index contributed by atoms with van der Waals surface area (Å²) >= 11 is 1.66. The lowest BCUT2D eigenvalue weighted by molar-refractivity contribution is -0.133. The van der Waals surface area contributed by atoms with Crippen molar-refractivity contribution in [2.45, 2.75) is 77.3 Å². The molecule has 1 amide bonds. The molecule has 1 saturated carbocycles. The molecule has 50 heavy (non-hydrogen) atoms. The first kappa shape index (κ1) is 33.0. The van der Waals surface area contributed by atoms with Gasteiger partial charge in [0.15, 0.2) is 0 Å². The number of carboxylic acids is 1. The number of benzene rings is 2. The Balaban J connectivity index is 1.20. The highest BCUT2D eigenvalue weighted by Crippen LogP contribution is 2.45. The van der Waals surface area contributed by atoms with E-state index in [0.717, 1.165) is 119 Å². The van der Waals surface area contributed by atoms with E-state index in [1.54, 1.807) is 23.5 Å². The van der Waals surface area contributed by atoms with Crippen LogP contribution in [0.2, 0.25) is 0 Å². The summed E-state index contributed by atoms with van der Waals surface area (Å²) in [4.78, 5) is 41.8. The molecule has 260 valence electrons. The lowest BCUT2D eigenvalue weighted by Gasteiger charge is -2.40. The third-order valence-corrected chi connectivity index (χ3v) is 12.2. The number of fused-ring (bicyclic) bond motifs is 2. The van der Waals surface area contributed by atoms with Gasteiger partial charge in [0.25, 0.3) is 0 Å². The average molecular weight is 692 g/mol. The first-order valence-electron chi connectivity index (χ1n) is 18.2. The number of pyridine rings is 1. The van der Waals surface area contributed by atoms with Gasteiger partial charge in [-0.1, -0.05) is 37.5 Å². The monoisotopic (exact) mass is 691 g/mol. The number of ether oxygens (including phenoxy) is 1. The van der Waals surface area contributed by atoms with E-state index < -0.39 is 5.97 Å². The number of rotatable bonds is 7. The first-order valence-corrected chi connectivity index (χ1v) is 19.0. The van der Waals surface area contributed by atoms with Crippen molar-refractivity contribution in [2.24, 2.45) is 0 Å². The fourth-order valence-corrected chi connectivity index (χ4v) is 9.51. The molecule has 9 nitrogen and oxygen atoms in total. The highest BCUT2D eigenvalue weighted by Gasteiger charge is 2.31. The second-order valence-corrected chi connectivity index (χ2v) is 15.4. The van der Waals surface area contributed by atoms with Crippen molar-refractivity contribution >= 4 is 45.0 Å². The first-order chi connectivity index (χ1) is 24.3. The Kier molecular flexibility index (Phi) is 9.18. The maximum absolute atomic E-state index is 14.2. The molecule has 2 saturated heterocycles. The number of carbonyl (C=O) groups is 2. The van der Waals surface area contributed by atoms with Crippen molar-refractivity contribution in [3.8, 4) is 21.8 Å². The highest BCUT2D eigenvalue weighted by atomic mass is 32.1. The maximum Gasteiger partial charge on any atom is 0.335 e. The minimum atomic E-state index is -0.962. The SMILES string of the molecule is Cc1nc(C)c(-c2ccc3cc(-c4c(C5CCCCC5)c5ccc(C(=O)O)cc5n4CC(=O)N4CCC(N5CCOCC5)CC4)ccc3n2)s1. The van der Waals surface area contributed by atoms with Crippen LogP contribution in [0.4, 0.5) is 0 Å². The van der Waals surface area contributed by atoms with Crippen molar-refractivity contribution in [1.29, 1.82) is 0 Å². The van der Waals surface area contributed by atoms with Gasteiger partial charge in [-0.25, -0.2) is 14.8 Å². The number of aromatic carboxylic acids is 1. The molecule has 5 aromatic rings. The van der Waals surface area contributed by atoms with Gasteiger partial charge >= 0.3 is 5.97 Å². The standard InChI is InChI=1S/C40H45N5O4S/c1-25-39(50-26(2)41-25)34-13-9-28-22-29(10-12-33(28)42-34)38-37(27-6-4-3-5-7-27)32-11-8-30(40(47)48)23-35(32)45(38)24-36(46)44-16-14-31(15-17-44)43-18-20-49-21-19-43/h8-13,22-23,27,31H,3-7,14-21,24H2,1-2H3,(H,47,48). The summed E-state index contributed by atoms with van der Waals surface area (Å²) in [5.41, 5.74) is 7.20. The summed E-state index contributed by atoms with van der Waals surface area (Å²) in [5, 5.41) is 13.1. The number of nitrogens with zero attached hydrogens (tertiary/aromatic N) is 5. The van der Waals surface area contributed by atoms with Gasteiger partial charge in [-0.3, -0.25) is 9.69 Å². The number of aryl methyl sites for hydroxylation is 2. The summed E-state index contributed by atoms with van der Waals surface area (Å²) in [6.07, 6.45) is 7.66. The fraction of sp³-hybridized carbons (Fsp3) is 0.450. The fourth-order valence-electron chi connectivity index (χ4n) is 8.62. The van der Waals surface area contributed by atoms with Gasteiger partial charge in [0.2, 0.25) is 5.91 Å². The number of carboxylic acid groups (broad SMARTS) is 1. The minimum Gasteiger partial charge on any atom is -0.478 e. The van der Waals surface area contributed by atoms with Crippen LogP contribution in [0.25, 0.3) is 43.6 Å². The number of likely N-dealkylation sites (tertiary alicyclic amines) is 1. The summed E-state index contributed by atoms with van der Waals surface area (Å²) in [6, 6.07) is 16.6. The number of aromatic nitrogens is 3. The molecule has 3 aliphatic rings. The van der Waals surface area contributed by atoms with E-state index in [-0.39, 0.29) is 18.0 Å². The number of hydrogen-bond donors (Lipinski definition) is 1. The molecule has 1 aliphatic carbocycles. The predicted octanol–water partition coefficient (Wildman–Crippen LogP) is 7.67. The van der Waals surface area contributed by atoms with Gasteiger partial charge in [0, 0.05) is 43.0 Å². The van der Waals surface area contributed by atoms with Gasteiger partial charge < -0.3 is 19.3 Å². The van der Waals surface area contributed by atoms with Gasteiger partial charge in [-0.05, 0) is 86.9 Å². The highest BCUT2D eigenvalue weighted by molar-refractivity contribution is 7.15. The Morgan fingerprint density at radius 1 is 0.900 bits per heavy atom. The van der Waals surface area contributed by atoms with Crippen LogP contribution in [0.15, 0.2) is 48.5 Å². The number of thiazole rings is 1. The molecule has 5 heterocycles. The molecule has 2 aliphatic heterocycles. The zero-order valence-electron chi connectivity index (χ0n) is 29.0. The molecular weight excluding hydrogens is 647 g/mol. The van der Waals surface area contributed by atoms with Crippen LogP contribution in [0, 0.1) is 13.8 Å². The van der Waals surface area contributed by atoms with Gasteiger partial charge in [-0.15, -0.1) is 11.3 Å². The molecule has 8 rings (SSSR count). The summed E-state index contributed by atoms with van der Waals surface area (Å²) in [6.45, 7) is 9.16. The molecule has 0 bridgehead atoms. The Hall–Kier alpha value is -4.12. The van der Waals surface area contributed by atoms with Crippen molar-refractivity contribution in [1.82, 2.24) is 24.3 Å². The Morgan fingerprint density at radius 2 is 1.68 bits per heavy atom. The number of piperidine rings is 1. The Labute approximate surface area is 296 Å². The van der Waals surface area contributed by atoms with Crippen LogP contribution in [-0.2, 0) is 16.1 Å². The van der Waals surface area contributed by atoms with E-state index in [4.69, 9.17) is 9.72 Å². The van der Waals surface area contributed by atoms with Crippen LogP contribution in [0.5, 0.6) is 0 Å². The number of carbonyl (C=O) groups excluding carboxylic acids is 1. The predicted molar refractivity (Wildman–Crippen MR) is 198 cm³/mol. The summed E-state index contributed by atoms with van der Waals surface area (Å²) < 4.78 is 7.70. The summed E-state index contributed by atoms with van der Waals surface area (Å²) in [7, 11) is 0. The smallest absolute Gasteiger partial charge is 0.335 e. The molecule has 0 spiro atoms. The minimum absolute atomic E-state index is 0.0850. The lowest BCUT2D eigenvalue weighted by Crippen LogP contribution is -2.50. The molecule has 10 heteroatoms. The van der Waals surface area contributed by atoms with E-state index in [1.165, 1.54) is 24.8 Å². The molecule has 0 radical (unpaired) electrons. The average Bonchev–Trinajstić information content (AvgIpc) is 3.66. The van der Waals surface area contributed by atoms with E-state index in [0.29, 0.717) is 12.0 Å². The number of hydrogen-bond acceptors (Lipinski definition) is 7. The number of amides is 1. The van der Waals surface area contributed by atoms with Gasteiger partial charge in [0.05, 0.1) is 56.8 Å². The molecule has 2 aromatic carbocycles. The maximum atomic E-state index is 14.2. The third kappa shape index (κ3) is 6.33. The second kappa shape index (κ2) is 13.9. The zero-order valence-corrected chi connectivity index (χ0v) is 29.8. The largest absolute Gasteiger partial charge is 0.478 e. The van der Waals surface area contributed by atoms with Crippen molar-refractivity contribution in [2.75, 3.05) is 39.4 Å². The summed E-state index contributed by atoms with van der Waals surface area (Å²) in [5.74, 6) is -0.538. The van der Waals surface area contributed by atoms with Crippen molar-refractivity contribution in [3.05, 3.63) is 70.4 Å². The van der Waals surface area contributed by atoms with E-state index in [2.05, 4.69) is 44.8 Å². The van der Waals surface area contributed by atoms with Crippen molar-refractivity contribution in [3.63, 3.8) is 0 Å². The normalized spacial score (nSPS) is 18.3. The third-order valence-electron chi connectivity index (χ3n) is 11.1. The van der Waals surface area contributed by atoms with Crippen LogP contribution < -0.4 is 0 Å². The quantitative estimate of drug-likeness (QED) is 0.187. The molecule has 3 aromatic heterocycles. The van der Waals surface area contributed by atoms with Crippen LogP contribution in [0.1, 0.15) is 77.5 Å². The van der Waals surface area contributed by atoms with Gasteiger partial charge in [-0.2, -0.15) is 0 Å². The van der Waals surface area contributed by atoms with E-state index in [1.807, 2.05) is 24.8 Å². The molecular formula is C40H45N5O4S. The molecule has 1 N–H and O–H groups in total. The van der Waals surface area contributed by atoms with Crippen molar-refractivity contribution < 1.29 is 19.4 Å². The Morgan fingerprint density at radius 3 is 2.40 bits per heavy atom. The second-order valence-electron chi connectivity index (χ2n) is 14.2. The zero-order chi connectivity index (χ0) is 34.4. The molecule has 0 unspecified atom stereocenters. The molecule has 3 fully saturated rings. The van der Waals surface area contributed by atoms with Crippen LogP contribution in [0.3, 0.4) is 0 Å². The van der Waals surface area contributed by atoms with Gasteiger partial charge in [0.1, 0.15) is 6.54 Å². The van der Waals surface area contributed by atoms with Crippen LogP contribution in [-0.4, -0.2) is 86.8 Å². The molecule has 0 atom stereocenters. The van der Waals surface area contributed by atoms with Crippen LogP contribution >= 0.6 is 11.3 Å². The van der Waals surface area contributed by atoms with E-state index >= 15 is 0 Å². The lowest BCUT2D eigenvalue weighted by atomic mass is 9.81.